The molecule has 1 saturated heterocycles. The van der Waals surface area contributed by atoms with Crippen molar-refractivity contribution in [2.75, 3.05) is 38.2 Å². The van der Waals surface area contributed by atoms with Crippen LogP contribution in [0.4, 0.5) is 5.69 Å². The first-order valence-corrected chi connectivity index (χ1v) is 7.65. The summed E-state index contributed by atoms with van der Waals surface area (Å²) >= 11 is 0. The molecule has 1 aromatic carbocycles. The number of hydrogen-bond acceptors (Lipinski definition) is 5. The van der Waals surface area contributed by atoms with Crippen LogP contribution >= 0.6 is 0 Å². The van der Waals surface area contributed by atoms with Crippen molar-refractivity contribution in [2.45, 2.75) is 13.5 Å². The average molecular weight is 298 g/mol. The van der Waals surface area contributed by atoms with Crippen molar-refractivity contribution in [3.8, 4) is 5.75 Å². The standard InChI is InChI=1S/C17H22N4O/c1-14-18-8-7-15(19-14)13-20-9-11-21(12-10-20)16-5-3-4-6-17(16)22-2/h3-8H,9-13H2,1-2H3. The fourth-order valence-corrected chi connectivity index (χ4v) is 2.86. The number of para-hydroxylation sites is 2. The van der Waals surface area contributed by atoms with E-state index in [1.807, 2.05) is 31.3 Å². The number of nitrogens with zero attached hydrogens (tertiary/aromatic N) is 4. The molecule has 0 aliphatic carbocycles. The minimum Gasteiger partial charge on any atom is -0.495 e. The predicted octanol–water partition coefficient (Wildman–Crippen LogP) is 2.12. The topological polar surface area (TPSA) is 41.5 Å². The maximum atomic E-state index is 5.46. The van der Waals surface area contributed by atoms with E-state index in [1.165, 1.54) is 5.69 Å². The maximum Gasteiger partial charge on any atom is 0.142 e. The summed E-state index contributed by atoms with van der Waals surface area (Å²) in [6.07, 6.45) is 1.84. The van der Waals surface area contributed by atoms with Gasteiger partial charge in [-0.2, -0.15) is 0 Å². The van der Waals surface area contributed by atoms with E-state index in [1.54, 1.807) is 7.11 Å². The van der Waals surface area contributed by atoms with E-state index in [9.17, 15) is 0 Å². The Labute approximate surface area is 131 Å². The van der Waals surface area contributed by atoms with Crippen molar-refractivity contribution in [1.29, 1.82) is 0 Å². The van der Waals surface area contributed by atoms with Gasteiger partial charge in [0.25, 0.3) is 0 Å². The van der Waals surface area contributed by atoms with Crippen LogP contribution in [0.5, 0.6) is 5.75 Å². The van der Waals surface area contributed by atoms with Crippen LogP contribution in [0.3, 0.4) is 0 Å². The molecule has 0 atom stereocenters. The molecule has 0 bridgehead atoms. The summed E-state index contributed by atoms with van der Waals surface area (Å²) in [5.41, 5.74) is 2.28. The Hall–Kier alpha value is -2.14. The summed E-state index contributed by atoms with van der Waals surface area (Å²) in [4.78, 5) is 13.5. The average Bonchev–Trinajstić information content (AvgIpc) is 2.56. The molecule has 0 spiro atoms. The van der Waals surface area contributed by atoms with Crippen LogP contribution in [0.25, 0.3) is 0 Å². The van der Waals surface area contributed by atoms with Crippen LogP contribution in [0.2, 0.25) is 0 Å². The minimum atomic E-state index is 0.838. The van der Waals surface area contributed by atoms with E-state index < -0.39 is 0 Å². The zero-order chi connectivity index (χ0) is 15.4. The lowest BCUT2D eigenvalue weighted by molar-refractivity contribution is 0.246. The quantitative estimate of drug-likeness (QED) is 0.865. The van der Waals surface area contributed by atoms with Crippen LogP contribution in [0.1, 0.15) is 11.5 Å². The van der Waals surface area contributed by atoms with Crippen molar-refractivity contribution < 1.29 is 4.74 Å². The fraction of sp³-hybridized carbons (Fsp3) is 0.412. The van der Waals surface area contributed by atoms with Crippen molar-refractivity contribution in [1.82, 2.24) is 14.9 Å². The Bertz CT molecular complexity index is 624. The number of hydrogen-bond donors (Lipinski definition) is 0. The van der Waals surface area contributed by atoms with Crippen molar-refractivity contribution in [2.24, 2.45) is 0 Å². The number of benzene rings is 1. The summed E-state index contributed by atoms with van der Waals surface area (Å²) in [6, 6.07) is 10.2. The van der Waals surface area contributed by atoms with E-state index in [0.29, 0.717) is 0 Å². The second-order valence-electron chi connectivity index (χ2n) is 5.53. The first kappa shape index (κ1) is 14.8. The first-order chi connectivity index (χ1) is 10.8. The molecule has 5 heteroatoms. The summed E-state index contributed by atoms with van der Waals surface area (Å²) in [5.74, 6) is 1.78. The third kappa shape index (κ3) is 3.36. The normalized spacial score (nSPS) is 15.8. The molecular weight excluding hydrogens is 276 g/mol. The molecule has 2 aromatic rings. The molecule has 0 unspecified atom stereocenters. The molecule has 1 fully saturated rings. The zero-order valence-corrected chi connectivity index (χ0v) is 13.2. The number of methoxy groups -OCH3 is 1. The van der Waals surface area contributed by atoms with Crippen LogP contribution in [-0.4, -0.2) is 48.2 Å². The van der Waals surface area contributed by atoms with Gasteiger partial charge in [-0.1, -0.05) is 12.1 Å². The SMILES string of the molecule is COc1ccccc1N1CCN(Cc2ccnc(C)n2)CC1. The van der Waals surface area contributed by atoms with Crippen LogP contribution in [0, 0.1) is 6.92 Å². The largest absolute Gasteiger partial charge is 0.495 e. The Morgan fingerprint density at radius 3 is 2.59 bits per heavy atom. The van der Waals surface area contributed by atoms with Gasteiger partial charge in [-0.3, -0.25) is 4.90 Å². The number of ether oxygens (including phenoxy) is 1. The van der Waals surface area contributed by atoms with Gasteiger partial charge in [0.1, 0.15) is 11.6 Å². The smallest absolute Gasteiger partial charge is 0.142 e. The first-order valence-electron chi connectivity index (χ1n) is 7.65. The molecule has 2 heterocycles. The number of piperazine rings is 1. The van der Waals surface area contributed by atoms with Crippen molar-refractivity contribution in [3.63, 3.8) is 0 Å². The monoisotopic (exact) mass is 298 g/mol. The van der Waals surface area contributed by atoms with Gasteiger partial charge in [0.2, 0.25) is 0 Å². The highest BCUT2D eigenvalue weighted by atomic mass is 16.5. The third-order valence-electron chi connectivity index (χ3n) is 4.02. The number of rotatable bonds is 4. The summed E-state index contributed by atoms with van der Waals surface area (Å²) in [7, 11) is 1.73. The predicted molar refractivity (Wildman–Crippen MR) is 87.3 cm³/mol. The Morgan fingerprint density at radius 1 is 1.09 bits per heavy atom. The second-order valence-corrected chi connectivity index (χ2v) is 5.53. The molecule has 1 aliphatic heterocycles. The Balaban J connectivity index is 1.60. The number of aromatic nitrogens is 2. The minimum absolute atomic E-state index is 0.838. The van der Waals surface area contributed by atoms with Gasteiger partial charge in [-0.05, 0) is 25.1 Å². The summed E-state index contributed by atoms with van der Waals surface area (Å²) in [5, 5.41) is 0. The molecule has 0 saturated carbocycles. The molecule has 5 nitrogen and oxygen atoms in total. The Morgan fingerprint density at radius 2 is 1.86 bits per heavy atom. The van der Waals surface area contributed by atoms with Gasteiger partial charge in [0.15, 0.2) is 0 Å². The fourth-order valence-electron chi connectivity index (χ4n) is 2.86. The maximum absolute atomic E-state index is 5.46. The molecule has 1 aromatic heterocycles. The van der Waals surface area contributed by atoms with Gasteiger partial charge in [-0.25, -0.2) is 9.97 Å². The number of anilines is 1. The Kier molecular flexibility index (Phi) is 4.53. The van der Waals surface area contributed by atoms with E-state index in [2.05, 4.69) is 31.9 Å². The lowest BCUT2D eigenvalue weighted by atomic mass is 10.2. The molecular formula is C17H22N4O. The van der Waals surface area contributed by atoms with Gasteiger partial charge in [-0.15, -0.1) is 0 Å². The molecule has 1 aliphatic rings. The van der Waals surface area contributed by atoms with E-state index in [-0.39, 0.29) is 0 Å². The zero-order valence-electron chi connectivity index (χ0n) is 13.2. The molecule has 0 N–H and O–H groups in total. The van der Waals surface area contributed by atoms with E-state index >= 15 is 0 Å². The highest BCUT2D eigenvalue weighted by molar-refractivity contribution is 5.58. The highest BCUT2D eigenvalue weighted by Crippen LogP contribution is 2.28. The van der Waals surface area contributed by atoms with Gasteiger partial charge in [0, 0.05) is 38.9 Å². The van der Waals surface area contributed by atoms with E-state index in [4.69, 9.17) is 4.74 Å². The van der Waals surface area contributed by atoms with Crippen LogP contribution in [-0.2, 0) is 6.54 Å². The third-order valence-corrected chi connectivity index (χ3v) is 4.02. The molecule has 116 valence electrons. The molecule has 0 amide bonds. The van der Waals surface area contributed by atoms with Crippen molar-refractivity contribution in [3.05, 3.63) is 48.0 Å². The summed E-state index contributed by atoms with van der Waals surface area (Å²) < 4.78 is 5.46. The van der Waals surface area contributed by atoms with Gasteiger partial charge < -0.3 is 9.64 Å². The van der Waals surface area contributed by atoms with Gasteiger partial charge in [0.05, 0.1) is 18.5 Å². The number of aryl methyl sites for hydroxylation is 1. The molecule has 3 rings (SSSR count). The van der Waals surface area contributed by atoms with Crippen LogP contribution in [0.15, 0.2) is 36.5 Å². The lowest BCUT2D eigenvalue weighted by Crippen LogP contribution is -2.46. The second kappa shape index (κ2) is 6.75. The van der Waals surface area contributed by atoms with E-state index in [0.717, 1.165) is 50.0 Å². The summed E-state index contributed by atoms with van der Waals surface area (Å²) in [6.45, 7) is 6.89. The highest BCUT2D eigenvalue weighted by Gasteiger charge is 2.19. The van der Waals surface area contributed by atoms with Crippen LogP contribution < -0.4 is 9.64 Å². The lowest BCUT2D eigenvalue weighted by Gasteiger charge is -2.36. The molecule has 0 radical (unpaired) electrons. The molecule has 22 heavy (non-hydrogen) atoms. The van der Waals surface area contributed by atoms with Gasteiger partial charge >= 0.3 is 0 Å². The van der Waals surface area contributed by atoms with Crippen molar-refractivity contribution >= 4 is 5.69 Å².